The van der Waals surface area contributed by atoms with Gasteiger partial charge >= 0.3 is 14.0 Å². The van der Waals surface area contributed by atoms with Gasteiger partial charge in [-0.1, -0.05) is 11.6 Å². The summed E-state index contributed by atoms with van der Waals surface area (Å²) >= 11 is 0. The van der Waals surface area contributed by atoms with Crippen molar-refractivity contribution in [1.82, 2.24) is 0 Å². The summed E-state index contributed by atoms with van der Waals surface area (Å²) in [7, 11) is -4.78. The maximum Gasteiger partial charge on any atom is 0.469 e. The Morgan fingerprint density at radius 3 is 2.46 bits per heavy atom. The van der Waals surface area contributed by atoms with Gasteiger partial charge in [-0.3, -0.25) is 4.52 Å². The van der Waals surface area contributed by atoms with Crippen LogP contribution in [0.15, 0.2) is 23.3 Å². The SMILES string of the molecule is CC1(O)CC=C(CCC(N)(CO)COP(=O)(O)O)C=C1C(F)(F)F. The molecule has 0 bridgehead atoms. The zero-order chi connectivity index (χ0) is 18.8. The Kier molecular flexibility index (Phi) is 6.43. The molecule has 11 heteroatoms. The van der Waals surface area contributed by atoms with Crippen molar-refractivity contribution in [2.45, 2.75) is 43.5 Å². The fourth-order valence-electron chi connectivity index (χ4n) is 2.20. The molecule has 0 heterocycles. The average Bonchev–Trinajstić information content (AvgIpc) is 2.41. The smallest absolute Gasteiger partial charge is 0.394 e. The topological polar surface area (TPSA) is 133 Å². The molecule has 0 aromatic rings. The lowest BCUT2D eigenvalue weighted by molar-refractivity contribution is -0.118. The summed E-state index contributed by atoms with van der Waals surface area (Å²) in [5.41, 5.74) is 1.39. The summed E-state index contributed by atoms with van der Waals surface area (Å²) in [4.78, 5) is 17.3. The monoisotopic (exact) mass is 375 g/mol. The third-order valence-electron chi connectivity index (χ3n) is 3.72. The van der Waals surface area contributed by atoms with Gasteiger partial charge in [-0.2, -0.15) is 13.2 Å². The number of alkyl halides is 3. The minimum Gasteiger partial charge on any atom is -0.394 e. The van der Waals surface area contributed by atoms with Crippen LogP contribution >= 0.6 is 7.82 Å². The fourth-order valence-corrected chi connectivity index (χ4v) is 2.63. The Hall–Kier alpha value is -0.740. The van der Waals surface area contributed by atoms with E-state index in [1.165, 1.54) is 6.08 Å². The van der Waals surface area contributed by atoms with E-state index in [1.54, 1.807) is 0 Å². The molecule has 0 fully saturated rings. The molecule has 0 saturated carbocycles. The van der Waals surface area contributed by atoms with E-state index in [0.29, 0.717) is 0 Å². The van der Waals surface area contributed by atoms with Gasteiger partial charge in [0.25, 0.3) is 0 Å². The second kappa shape index (κ2) is 7.25. The minimum atomic E-state index is -4.78. The van der Waals surface area contributed by atoms with E-state index in [9.17, 15) is 27.9 Å². The summed E-state index contributed by atoms with van der Waals surface area (Å²) in [6.45, 7) is -0.267. The summed E-state index contributed by atoms with van der Waals surface area (Å²) in [5, 5.41) is 19.1. The Morgan fingerprint density at radius 2 is 2.00 bits per heavy atom. The maximum absolute atomic E-state index is 13.0. The number of halogens is 3. The van der Waals surface area contributed by atoms with Gasteiger partial charge in [0.1, 0.15) is 0 Å². The number of phosphoric acid groups is 1. The zero-order valence-electron chi connectivity index (χ0n) is 13.0. The van der Waals surface area contributed by atoms with E-state index in [4.69, 9.17) is 15.5 Å². The van der Waals surface area contributed by atoms with Gasteiger partial charge < -0.3 is 25.7 Å². The molecule has 0 aliphatic heterocycles. The average molecular weight is 375 g/mol. The van der Waals surface area contributed by atoms with Crippen molar-refractivity contribution in [3.63, 3.8) is 0 Å². The molecular weight excluding hydrogens is 354 g/mol. The van der Waals surface area contributed by atoms with E-state index in [1.807, 2.05) is 0 Å². The normalized spacial score (nSPS) is 25.0. The van der Waals surface area contributed by atoms with Crippen molar-refractivity contribution in [3.05, 3.63) is 23.3 Å². The quantitative estimate of drug-likeness (QED) is 0.421. The molecule has 2 atom stereocenters. The predicted molar refractivity (Wildman–Crippen MR) is 78.7 cm³/mol. The summed E-state index contributed by atoms with van der Waals surface area (Å²) < 4.78 is 53.9. The number of nitrogens with two attached hydrogens (primary N) is 1. The molecule has 0 radical (unpaired) electrons. The van der Waals surface area contributed by atoms with Crippen LogP contribution in [0, 0.1) is 0 Å². The van der Waals surface area contributed by atoms with Gasteiger partial charge in [-0.15, -0.1) is 0 Å². The summed E-state index contributed by atoms with van der Waals surface area (Å²) in [5.74, 6) is 0. The summed E-state index contributed by atoms with van der Waals surface area (Å²) in [6.07, 6.45) is -2.73. The van der Waals surface area contributed by atoms with Gasteiger partial charge in [0, 0.05) is 0 Å². The molecule has 2 unspecified atom stereocenters. The van der Waals surface area contributed by atoms with E-state index < -0.39 is 43.9 Å². The Bertz CT molecular complexity index is 569. The second-order valence-corrected chi connectivity index (χ2v) is 7.34. The van der Waals surface area contributed by atoms with Crippen molar-refractivity contribution >= 4 is 7.82 Å². The lowest BCUT2D eigenvalue weighted by Crippen LogP contribution is -2.48. The van der Waals surface area contributed by atoms with Crippen LogP contribution in [-0.2, 0) is 9.09 Å². The molecule has 0 saturated heterocycles. The van der Waals surface area contributed by atoms with E-state index in [2.05, 4.69) is 4.52 Å². The van der Waals surface area contributed by atoms with Gasteiger partial charge in [0.05, 0.1) is 29.9 Å². The van der Waals surface area contributed by atoms with E-state index in [-0.39, 0.29) is 24.8 Å². The molecule has 0 spiro atoms. The number of aliphatic hydroxyl groups excluding tert-OH is 1. The predicted octanol–water partition coefficient (Wildman–Crippen LogP) is 1.14. The lowest BCUT2D eigenvalue weighted by Gasteiger charge is -2.32. The number of rotatable bonds is 7. The third kappa shape index (κ3) is 6.29. The van der Waals surface area contributed by atoms with Gasteiger partial charge in [-0.25, -0.2) is 4.57 Å². The Morgan fingerprint density at radius 1 is 1.42 bits per heavy atom. The summed E-state index contributed by atoms with van der Waals surface area (Å²) in [6, 6.07) is 0. The minimum absolute atomic E-state index is 0.0111. The molecule has 140 valence electrons. The zero-order valence-corrected chi connectivity index (χ0v) is 13.8. The first kappa shape index (κ1) is 21.3. The van der Waals surface area contributed by atoms with Crippen LogP contribution < -0.4 is 5.73 Å². The largest absolute Gasteiger partial charge is 0.469 e. The molecule has 1 aliphatic carbocycles. The first-order valence-corrected chi connectivity index (χ1v) is 8.52. The number of hydrogen-bond acceptors (Lipinski definition) is 5. The molecule has 24 heavy (non-hydrogen) atoms. The molecule has 6 N–H and O–H groups in total. The molecular formula is C13H21F3NO6P. The van der Waals surface area contributed by atoms with Crippen LogP contribution in [0.5, 0.6) is 0 Å². The molecule has 1 rings (SSSR count). The molecule has 0 aromatic carbocycles. The highest BCUT2D eigenvalue weighted by Gasteiger charge is 2.45. The van der Waals surface area contributed by atoms with Crippen molar-refractivity contribution in [2.75, 3.05) is 13.2 Å². The van der Waals surface area contributed by atoms with Crippen molar-refractivity contribution in [1.29, 1.82) is 0 Å². The first-order valence-electron chi connectivity index (χ1n) is 6.99. The van der Waals surface area contributed by atoms with Gasteiger partial charge in [0.2, 0.25) is 0 Å². The van der Waals surface area contributed by atoms with E-state index >= 15 is 0 Å². The van der Waals surface area contributed by atoms with E-state index in [0.717, 1.165) is 13.0 Å². The number of hydrogen-bond donors (Lipinski definition) is 5. The fraction of sp³-hybridized carbons (Fsp3) is 0.692. The van der Waals surface area contributed by atoms with Crippen molar-refractivity contribution in [2.24, 2.45) is 5.73 Å². The van der Waals surface area contributed by atoms with Crippen LogP contribution in [-0.4, -0.2) is 50.5 Å². The van der Waals surface area contributed by atoms with Crippen LogP contribution in [0.3, 0.4) is 0 Å². The second-order valence-electron chi connectivity index (χ2n) is 6.10. The standard InChI is InChI=1S/C13H21F3NO6P/c1-11(19)4-2-9(6-10(11)13(14,15)16)3-5-12(17,7-18)8-23-24(20,21)22/h2,6,18-19H,3-5,7-8,17H2,1H3,(H2,20,21,22). The lowest BCUT2D eigenvalue weighted by atomic mass is 9.83. The number of phosphoric ester groups is 1. The molecule has 7 nitrogen and oxygen atoms in total. The van der Waals surface area contributed by atoms with Crippen molar-refractivity contribution < 1.29 is 42.3 Å². The van der Waals surface area contributed by atoms with Crippen LogP contribution in [0.1, 0.15) is 26.2 Å². The third-order valence-corrected chi connectivity index (χ3v) is 4.19. The van der Waals surface area contributed by atoms with Crippen LogP contribution in [0.25, 0.3) is 0 Å². The maximum atomic E-state index is 13.0. The van der Waals surface area contributed by atoms with Crippen LogP contribution in [0.4, 0.5) is 13.2 Å². The Balaban J connectivity index is 2.80. The highest BCUT2D eigenvalue weighted by Crippen LogP contribution is 2.41. The van der Waals surface area contributed by atoms with Crippen molar-refractivity contribution in [3.8, 4) is 0 Å². The van der Waals surface area contributed by atoms with Gasteiger partial charge in [0.15, 0.2) is 0 Å². The molecule has 0 aromatic heterocycles. The molecule has 1 aliphatic rings. The Labute approximate surface area is 136 Å². The highest BCUT2D eigenvalue weighted by atomic mass is 31.2. The highest BCUT2D eigenvalue weighted by molar-refractivity contribution is 7.46. The first-order chi connectivity index (χ1) is 10.7. The van der Waals surface area contributed by atoms with Gasteiger partial charge in [-0.05, 0) is 32.3 Å². The number of allylic oxidation sites excluding steroid dienone is 2. The molecule has 0 amide bonds. The number of aliphatic hydroxyl groups is 2. The van der Waals surface area contributed by atoms with Crippen LogP contribution in [0.2, 0.25) is 0 Å².